The van der Waals surface area contributed by atoms with Crippen LogP contribution >= 0.6 is 0 Å². The van der Waals surface area contributed by atoms with Crippen LogP contribution in [0.1, 0.15) is 61.8 Å². The third-order valence-corrected chi connectivity index (χ3v) is 9.82. The van der Waals surface area contributed by atoms with E-state index in [-0.39, 0.29) is 41.1 Å². The van der Waals surface area contributed by atoms with Crippen LogP contribution in [0, 0.1) is 34.5 Å². The van der Waals surface area contributed by atoms with Crippen molar-refractivity contribution in [2.75, 3.05) is 6.61 Å². The Bertz CT molecular complexity index is 1150. The zero-order chi connectivity index (χ0) is 27.7. The van der Waals surface area contributed by atoms with Crippen LogP contribution in [0.2, 0.25) is 0 Å². The number of allylic oxidation sites excluding steroid dienone is 3. The molecule has 8 atom stereocenters. The number of carbonyl (C=O) groups is 3. The van der Waals surface area contributed by atoms with E-state index in [1.165, 1.54) is 0 Å². The zero-order valence-corrected chi connectivity index (χ0v) is 23.1. The predicted molar refractivity (Wildman–Crippen MR) is 138 cm³/mol. The minimum absolute atomic E-state index is 0.0416. The van der Waals surface area contributed by atoms with Crippen molar-refractivity contribution in [2.24, 2.45) is 34.5 Å². The first kappa shape index (κ1) is 27.5. The van der Waals surface area contributed by atoms with Gasteiger partial charge in [0.25, 0.3) is 0 Å². The fourth-order valence-electron chi connectivity index (χ4n) is 7.28. The van der Waals surface area contributed by atoms with E-state index in [2.05, 4.69) is 13.8 Å². The smallest absolute Gasteiger partial charge is 0.334 e. The van der Waals surface area contributed by atoms with Gasteiger partial charge >= 0.3 is 11.9 Å². The highest BCUT2D eigenvalue weighted by atomic mass is 16.6. The van der Waals surface area contributed by atoms with Crippen molar-refractivity contribution in [3.8, 4) is 0 Å². The molecule has 0 heterocycles. The minimum atomic E-state index is -2.15. The molecule has 2 fully saturated rings. The van der Waals surface area contributed by atoms with E-state index in [1.54, 1.807) is 58.9 Å². The number of rotatable bonds is 5. The van der Waals surface area contributed by atoms with Gasteiger partial charge in [0.05, 0.1) is 5.41 Å². The van der Waals surface area contributed by atoms with Gasteiger partial charge in [-0.05, 0) is 75.4 Å². The number of fused-ring (bicyclic) bond motifs is 3. The molecule has 0 aromatic rings. The van der Waals surface area contributed by atoms with Crippen LogP contribution in [0.25, 0.3) is 0 Å². The Kier molecular flexibility index (Phi) is 6.73. The van der Waals surface area contributed by atoms with Crippen LogP contribution in [0.15, 0.2) is 46.6 Å². The Labute approximate surface area is 219 Å². The number of Topliss-reactive ketones (excluding diaryl/α,β-unsaturated/α-hetero) is 1. The van der Waals surface area contributed by atoms with Gasteiger partial charge in [0.2, 0.25) is 0 Å². The molecule has 4 aliphatic carbocycles. The number of hydrogen-bond donors (Lipinski definition) is 2. The number of hydrogen-bond acceptors (Lipinski definition) is 7. The van der Waals surface area contributed by atoms with E-state index in [0.29, 0.717) is 23.1 Å². The van der Waals surface area contributed by atoms with E-state index in [9.17, 15) is 24.6 Å². The van der Waals surface area contributed by atoms with E-state index >= 15 is 0 Å². The van der Waals surface area contributed by atoms with Crippen LogP contribution in [-0.2, 0) is 23.9 Å². The largest absolute Gasteiger partial charge is 0.458 e. The Balaban J connectivity index is 1.86. The van der Waals surface area contributed by atoms with Crippen molar-refractivity contribution < 1.29 is 34.1 Å². The summed E-state index contributed by atoms with van der Waals surface area (Å²) in [5.41, 5.74) is -2.14. The topological polar surface area (TPSA) is 110 Å². The molecular weight excluding hydrogens is 472 g/mol. The quantitative estimate of drug-likeness (QED) is 0.327. The lowest BCUT2D eigenvalue weighted by Gasteiger charge is -2.48. The van der Waals surface area contributed by atoms with E-state index < -0.39 is 41.1 Å². The molecule has 7 nitrogen and oxygen atoms in total. The number of ketones is 1. The van der Waals surface area contributed by atoms with E-state index in [4.69, 9.17) is 9.47 Å². The molecule has 0 aromatic carbocycles. The van der Waals surface area contributed by atoms with Gasteiger partial charge in [-0.1, -0.05) is 45.1 Å². The highest BCUT2D eigenvalue weighted by molar-refractivity contribution is 5.96. The summed E-state index contributed by atoms with van der Waals surface area (Å²) in [5.74, 6) is -1.93. The number of carbonyl (C=O) groups excluding carboxylic acids is 3. The van der Waals surface area contributed by atoms with Gasteiger partial charge in [-0.15, -0.1) is 0 Å². The fraction of sp³-hybridized carbons (Fsp3) is 0.633. The lowest BCUT2D eigenvalue weighted by atomic mass is 9.59. The fourth-order valence-corrected chi connectivity index (χ4v) is 7.28. The summed E-state index contributed by atoms with van der Waals surface area (Å²) < 4.78 is 11.3. The van der Waals surface area contributed by atoms with Crippen LogP contribution in [-0.4, -0.2) is 52.4 Å². The first-order valence-electron chi connectivity index (χ1n) is 13.2. The summed E-state index contributed by atoms with van der Waals surface area (Å²) in [5, 5.41) is 24.4. The van der Waals surface area contributed by atoms with Crippen molar-refractivity contribution in [2.45, 2.75) is 79.6 Å². The minimum Gasteiger partial charge on any atom is -0.458 e. The van der Waals surface area contributed by atoms with Gasteiger partial charge in [0, 0.05) is 17.1 Å². The summed E-state index contributed by atoms with van der Waals surface area (Å²) in [6.07, 6.45) is 4.56. The molecule has 4 rings (SSSR count). The van der Waals surface area contributed by atoms with Crippen molar-refractivity contribution in [3.63, 3.8) is 0 Å². The van der Waals surface area contributed by atoms with Crippen LogP contribution in [0.4, 0.5) is 0 Å². The van der Waals surface area contributed by atoms with Crippen LogP contribution in [0.3, 0.4) is 0 Å². The molecule has 0 amide bonds. The molecule has 202 valence electrons. The van der Waals surface area contributed by atoms with Gasteiger partial charge in [0.15, 0.2) is 17.5 Å². The summed E-state index contributed by atoms with van der Waals surface area (Å²) in [6, 6.07) is 0. The molecule has 0 unspecified atom stereocenters. The average molecular weight is 513 g/mol. The van der Waals surface area contributed by atoms with Gasteiger partial charge < -0.3 is 19.7 Å². The Morgan fingerprint density at radius 3 is 2.32 bits per heavy atom. The van der Waals surface area contributed by atoms with Gasteiger partial charge in [-0.25, -0.2) is 9.59 Å². The van der Waals surface area contributed by atoms with Crippen molar-refractivity contribution in [1.82, 2.24) is 0 Å². The highest BCUT2D eigenvalue weighted by Crippen LogP contribution is 2.71. The molecule has 0 radical (unpaired) electrons. The Morgan fingerprint density at radius 2 is 1.73 bits per heavy atom. The predicted octanol–water partition coefficient (Wildman–Crippen LogP) is 3.85. The molecule has 4 aliphatic rings. The van der Waals surface area contributed by atoms with Gasteiger partial charge in [-0.3, -0.25) is 4.79 Å². The molecule has 37 heavy (non-hydrogen) atoms. The van der Waals surface area contributed by atoms with Gasteiger partial charge in [0.1, 0.15) is 12.7 Å². The van der Waals surface area contributed by atoms with Crippen LogP contribution < -0.4 is 0 Å². The first-order valence-corrected chi connectivity index (χ1v) is 13.2. The summed E-state index contributed by atoms with van der Waals surface area (Å²) in [4.78, 5) is 39.8. The summed E-state index contributed by atoms with van der Waals surface area (Å²) in [6.45, 7) is 14.4. The molecule has 0 aliphatic heterocycles. The van der Waals surface area contributed by atoms with Crippen molar-refractivity contribution in [1.29, 1.82) is 0 Å². The maximum absolute atomic E-state index is 14.5. The zero-order valence-electron chi connectivity index (χ0n) is 23.1. The third-order valence-electron chi connectivity index (χ3n) is 9.82. The van der Waals surface area contributed by atoms with Crippen LogP contribution in [0.5, 0.6) is 0 Å². The first-order chi connectivity index (χ1) is 17.2. The third kappa shape index (κ3) is 3.72. The summed E-state index contributed by atoms with van der Waals surface area (Å²) in [7, 11) is 0. The molecule has 2 bridgehead atoms. The average Bonchev–Trinajstić information content (AvgIpc) is 3.35. The molecule has 0 aromatic heterocycles. The molecule has 7 heteroatoms. The second-order valence-electron chi connectivity index (χ2n) is 12.0. The van der Waals surface area contributed by atoms with Gasteiger partial charge in [-0.2, -0.15) is 0 Å². The number of aliphatic hydroxyl groups excluding tert-OH is 1. The van der Waals surface area contributed by atoms with E-state index in [1.807, 2.05) is 6.92 Å². The van der Waals surface area contributed by atoms with Crippen molar-refractivity contribution >= 4 is 17.7 Å². The Hall–Kier alpha value is -2.51. The molecule has 0 saturated heterocycles. The number of ether oxygens (including phenoxy) is 2. The summed E-state index contributed by atoms with van der Waals surface area (Å²) >= 11 is 0. The molecule has 1 spiro atoms. The SMILES string of the molecule is C/C=C(/C)C(=O)OCC1=C[C@@H]2C(=O)[C@]3(C=C(C)[C@H](OC(=O)/C(C)=C\C)[C@@]3(O)[C@@H]1O)[C@H](C)C[C@@H]1[C@H]2C1(C)C. The highest BCUT2D eigenvalue weighted by Gasteiger charge is 2.76. The molecule has 2 saturated carbocycles. The Morgan fingerprint density at radius 1 is 1.14 bits per heavy atom. The molecule has 2 N–H and O–H groups in total. The second-order valence-corrected chi connectivity index (χ2v) is 12.0. The molecular formula is C30H40O7. The number of aliphatic hydroxyl groups is 2. The normalized spacial score (nSPS) is 40.4. The van der Waals surface area contributed by atoms with Crippen molar-refractivity contribution in [3.05, 3.63) is 46.6 Å². The lowest BCUT2D eigenvalue weighted by molar-refractivity contribution is -0.201. The maximum Gasteiger partial charge on any atom is 0.334 e. The number of esters is 2. The maximum atomic E-state index is 14.5. The second kappa shape index (κ2) is 9.05. The van der Waals surface area contributed by atoms with E-state index in [0.717, 1.165) is 0 Å². The lowest BCUT2D eigenvalue weighted by Crippen LogP contribution is -2.65. The monoisotopic (exact) mass is 512 g/mol. The standard InChI is InChI=1S/C30H40O7/c1-9-15(3)26(33)36-14-19-12-20-22-21(28(22,7)8)11-18(6)29(24(20)32)13-17(5)25(30(29,35)23(19)31)37-27(34)16(4)10-2/h9-10,12-13,18,20-23,25,31,35H,11,14H2,1-8H3/b15-9-,16-10-/t18-,20+,21-,22+,23-,25+,29+,30+/m1/s1.